The topological polar surface area (TPSA) is 101 Å². The second-order valence-corrected chi connectivity index (χ2v) is 5.42. The molecule has 0 bridgehead atoms. The molecule has 8 heteroatoms. The van der Waals surface area contributed by atoms with Gasteiger partial charge in [0.1, 0.15) is 11.0 Å². The van der Waals surface area contributed by atoms with Crippen molar-refractivity contribution in [3.05, 3.63) is 33.4 Å². The summed E-state index contributed by atoms with van der Waals surface area (Å²) in [4.78, 5) is 9.45. The van der Waals surface area contributed by atoms with Crippen LogP contribution in [0.15, 0.2) is 17.0 Å². The minimum atomic E-state index is -4.08. The van der Waals surface area contributed by atoms with Gasteiger partial charge in [-0.15, -0.1) is 0 Å². The molecule has 0 unspecified atom stereocenters. The van der Waals surface area contributed by atoms with Crippen molar-refractivity contribution < 1.29 is 13.3 Å². The predicted molar refractivity (Wildman–Crippen MR) is 55.6 cm³/mol. The summed E-state index contributed by atoms with van der Waals surface area (Å²) in [5.74, 6) is 0. The van der Waals surface area contributed by atoms with Crippen LogP contribution in [0, 0.1) is 28.4 Å². The number of halogens is 1. The first kappa shape index (κ1) is 12.4. The molecule has 0 aromatic heterocycles. The molecule has 0 saturated carbocycles. The molecule has 0 radical (unpaired) electrons. The van der Waals surface area contributed by atoms with Gasteiger partial charge in [0.05, 0.1) is 10.5 Å². The molecule has 0 heterocycles. The summed E-state index contributed by atoms with van der Waals surface area (Å²) >= 11 is 0. The summed E-state index contributed by atoms with van der Waals surface area (Å²) < 4.78 is 22.2. The molecule has 6 nitrogen and oxygen atoms in total. The fraction of sp³-hybridized carbons (Fsp3) is 0.125. The van der Waals surface area contributed by atoms with Crippen LogP contribution in [-0.4, -0.2) is 13.3 Å². The summed E-state index contributed by atoms with van der Waals surface area (Å²) in [5.41, 5.74) is -0.640. The van der Waals surface area contributed by atoms with E-state index < -0.39 is 18.9 Å². The summed E-state index contributed by atoms with van der Waals surface area (Å²) in [7, 11) is 1.01. The molecule has 0 aliphatic rings. The van der Waals surface area contributed by atoms with Crippen LogP contribution in [0.1, 0.15) is 11.1 Å². The van der Waals surface area contributed by atoms with E-state index >= 15 is 0 Å². The lowest BCUT2D eigenvalue weighted by Gasteiger charge is -2.03. The third-order valence-electron chi connectivity index (χ3n) is 1.97. The van der Waals surface area contributed by atoms with Crippen molar-refractivity contribution in [2.24, 2.45) is 0 Å². The van der Waals surface area contributed by atoms with Crippen LogP contribution in [-0.2, 0) is 9.05 Å². The van der Waals surface area contributed by atoms with Crippen molar-refractivity contribution in [1.82, 2.24) is 0 Å². The third kappa shape index (κ3) is 2.13. The van der Waals surface area contributed by atoms with Gasteiger partial charge in [0.2, 0.25) is 0 Å². The lowest BCUT2D eigenvalue weighted by atomic mass is 10.1. The maximum Gasteiger partial charge on any atom is 0.273 e. The van der Waals surface area contributed by atoms with Crippen molar-refractivity contribution >= 4 is 25.4 Å². The van der Waals surface area contributed by atoms with Crippen LogP contribution in [0.25, 0.3) is 0 Å². The fourth-order valence-electron chi connectivity index (χ4n) is 1.22. The molecule has 0 spiro atoms. The Morgan fingerprint density at radius 3 is 2.44 bits per heavy atom. The van der Waals surface area contributed by atoms with E-state index in [0.29, 0.717) is 0 Å². The highest BCUT2D eigenvalue weighted by atomic mass is 35.7. The first-order valence-corrected chi connectivity index (χ1v) is 6.22. The van der Waals surface area contributed by atoms with Crippen molar-refractivity contribution in [3.63, 3.8) is 0 Å². The summed E-state index contributed by atoms with van der Waals surface area (Å²) in [5, 5.41) is 19.3. The second-order valence-electron chi connectivity index (χ2n) is 2.89. The zero-order chi connectivity index (χ0) is 12.5. The average molecular weight is 261 g/mol. The minimum absolute atomic E-state index is 0.0192. The number of benzene rings is 1. The van der Waals surface area contributed by atoms with Crippen LogP contribution >= 0.6 is 10.7 Å². The number of hydrogen-bond acceptors (Lipinski definition) is 5. The molecule has 0 atom stereocenters. The van der Waals surface area contributed by atoms with Gasteiger partial charge >= 0.3 is 0 Å². The second kappa shape index (κ2) is 4.08. The van der Waals surface area contributed by atoms with Crippen LogP contribution in [0.2, 0.25) is 0 Å². The van der Waals surface area contributed by atoms with Gasteiger partial charge in [-0.2, -0.15) is 5.26 Å². The van der Waals surface area contributed by atoms with Crippen molar-refractivity contribution in [2.75, 3.05) is 0 Å². The predicted octanol–water partition coefficient (Wildman–Crippen LogP) is 1.70. The van der Waals surface area contributed by atoms with Crippen molar-refractivity contribution in [2.45, 2.75) is 11.8 Å². The van der Waals surface area contributed by atoms with Gasteiger partial charge in [0.25, 0.3) is 14.7 Å². The van der Waals surface area contributed by atoms with Crippen LogP contribution in [0.4, 0.5) is 5.69 Å². The van der Waals surface area contributed by atoms with E-state index in [-0.39, 0.29) is 16.8 Å². The summed E-state index contributed by atoms with van der Waals surface area (Å²) in [6, 6.07) is 3.55. The number of nitro groups is 1. The van der Waals surface area contributed by atoms with Crippen molar-refractivity contribution in [1.29, 1.82) is 5.26 Å². The molecule has 0 saturated heterocycles. The third-order valence-corrected chi connectivity index (χ3v) is 3.33. The number of hydrogen-bond donors (Lipinski definition) is 0. The fourth-order valence-corrected chi connectivity index (χ4v) is 2.27. The molecule has 0 aliphatic carbocycles. The smallest absolute Gasteiger partial charge is 0.258 e. The number of rotatable bonds is 2. The summed E-state index contributed by atoms with van der Waals surface area (Å²) in [6.07, 6.45) is 0. The maximum atomic E-state index is 11.1. The normalized spacial score (nSPS) is 10.8. The molecule has 0 fully saturated rings. The SMILES string of the molecule is Cc1c([N+](=O)[O-])ccc(S(=O)(=O)Cl)c1C#N. The maximum absolute atomic E-state index is 11.1. The molecule has 16 heavy (non-hydrogen) atoms. The van der Waals surface area contributed by atoms with Gasteiger partial charge < -0.3 is 0 Å². The van der Waals surface area contributed by atoms with Gasteiger partial charge in [0.15, 0.2) is 0 Å². The van der Waals surface area contributed by atoms with Crippen molar-refractivity contribution in [3.8, 4) is 6.07 Å². The highest BCUT2D eigenvalue weighted by molar-refractivity contribution is 8.13. The molecule has 1 aromatic rings. The van der Waals surface area contributed by atoms with Crippen LogP contribution in [0.3, 0.4) is 0 Å². The van der Waals surface area contributed by atoms with Gasteiger partial charge in [-0.05, 0) is 13.0 Å². The van der Waals surface area contributed by atoms with Gasteiger partial charge in [0, 0.05) is 22.3 Å². The van der Waals surface area contributed by atoms with Crippen LogP contribution in [0.5, 0.6) is 0 Å². The van der Waals surface area contributed by atoms with E-state index in [9.17, 15) is 18.5 Å². The first-order chi connectivity index (χ1) is 7.29. The molecule has 0 aliphatic heterocycles. The average Bonchev–Trinajstić information content (AvgIpc) is 2.15. The van der Waals surface area contributed by atoms with Crippen LogP contribution < -0.4 is 0 Å². The molecular weight excluding hydrogens is 256 g/mol. The minimum Gasteiger partial charge on any atom is -0.258 e. The molecule has 84 valence electrons. The highest BCUT2D eigenvalue weighted by Crippen LogP contribution is 2.28. The standard InChI is InChI=1S/C8H5ClN2O4S/c1-5-6(4-10)8(16(9,14)15)3-2-7(5)11(12)13/h2-3H,1H3. The largest absolute Gasteiger partial charge is 0.273 e. The Bertz CT molecular complexity index is 603. The van der Waals surface area contributed by atoms with E-state index in [1.165, 1.54) is 6.92 Å². The Morgan fingerprint density at radius 1 is 1.50 bits per heavy atom. The van der Waals surface area contributed by atoms with E-state index in [1.807, 2.05) is 0 Å². The Hall–Kier alpha value is -1.65. The molecular formula is C8H5ClN2O4S. The van der Waals surface area contributed by atoms with E-state index in [2.05, 4.69) is 0 Å². The number of nitriles is 1. The molecule has 0 N–H and O–H groups in total. The van der Waals surface area contributed by atoms with Gasteiger partial charge in [-0.3, -0.25) is 10.1 Å². The summed E-state index contributed by atoms with van der Waals surface area (Å²) in [6.45, 7) is 1.29. The molecule has 0 amide bonds. The Labute approximate surface area is 95.6 Å². The monoisotopic (exact) mass is 260 g/mol. The first-order valence-electron chi connectivity index (χ1n) is 3.91. The quantitative estimate of drug-likeness (QED) is 0.457. The number of nitro benzene ring substituents is 1. The van der Waals surface area contributed by atoms with Gasteiger partial charge in [-0.25, -0.2) is 8.42 Å². The Kier molecular flexibility index (Phi) is 3.16. The Balaban J connectivity index is 3.69. The Morgan fingerprint density at radius 2 is 2.06 bits per heavy atom. The lowest BCUT2D eigenvalue weighted by Crippen LogP contribution is -2.01. The zero-order valence-electron chi connectivity index (χ0n) is 7.97. The molecule has 1 rings (SSSR count). The van der Waals surface area contributed by atoms with Gasteiger partial charge in [-0.1, -0.05) is 0 Å². The number of nitrogens with zero attached hydrogens (tertiary/aromatic N) is 2. The zero-order valence-corrected chi connectivity index (χ0v) is 9.54. The molecule has 1 aromatic carbocycles. The lowest BCUT2D eigenvalue weighted by molar-refractivity contribution is -0.385. The van der Waals surface area contributed by atoms with E-state index in [4.69, 9.17) is 15.9 Å². The highest BCUT2D eigenvalue weighted by Gasteiger charge is 2.23. The van der Waals surface area contributed by atoms with E-state index in [1.54, 1.807) is 6.07 Å². The van der Waals surface area contributed by atoms with E-state index in [0.717, 1.165) is 12.1 Å².